The molecule has 1 saturated heterocycles. The predicted octanol–water partition coefficient (Wildman–Crippen LogP) is 1.03. The maximum absolute atomic E-state index is 5.28. The fraction of sp³-hybridized carbons (Fsp3) is 0.400. The summed E-state index contributed by atoms with van der Waals surface area (Å²) in [6.07, 6.45) is 5.74. The van der Waals surface area contributed by atoms with Crippen molar-refractivity contribution in [2.75, 3.05) is 13.2 Å². The van der Waals surface area contributed by atoms with Gasteiger partial charge in [-0.2, -0.15) is 4.98 Å². The van der Waals surface area contributed by atoms with E-state index >= 15 is 0 Å². The lowest BCUT2D eigenvalue weighted by Crippen LogP contribution is -1.99. The van der Waals surface area contributed by atoms with Crippen molar-refractivity contribution in [2.45, 2.75) is 12.3 Å². The second-order valence-corrected chi connectivity index (χ2v) is 3.61. The lowest BCUT2D eigenvalue weighted by atomic mass is 10.1. The third-order valence-electron chi connectivity index (χ3n) is 2.52. The first-order valence-corrected chi connectivity index (χ1v) is 5.11. The zero-order valence-corrected chi connectivity index (χ0v) is 8.54. The lowest BCUT2D eigenvalue weighted by Gasteiger charge is -1.97. The molecule has 0 bridgehead atoms. The van der Waals surface area contributed by atoms with Gasteiger partial charge in [-0.15, -0.1) is 0 Å². The summed E-state index contributed by atoms with van der Waals surface area (Å²) in [4.78, 5) is 12.4. The Labute approximate surface area is 91.7 Å². The van der Waals surface area contributed by atoms with E-state index in [4.69, 9.17) is 9.26 Å². The van der Waals surface area contributed by atoms with Gasteiger partial charge in [0.15, 0.2) is 5.82 Å². The van der Waals surface area contributed by atoms with E-state index in [9.17, 15) is 0 Å². The smallest absolute Gasteiger partial charge is 0.278 e. The van der Waals surface area contributed by atoms with Crippen molar-refractivity contribution >= 4 is 0 Å². The van der Waals surface area contributed by atoms with Gasteiger partial charge < -0.3 is 9.26 Å². The quantitative estimate of drug-likeness (QED) is 0.749. The van der Waals surface area contributed by atoms with Gasteiger partial charge in [0.25, 0.3) is 5.89 Å². The Bertz CT molecular complexity index is 465. The molecule has 1 unspecified atom stereocenters. The normalized spacial score (nSPS) is 20.1. The van der Waals surface area contributed by atoms with Crippen LogP contribution in [0, 0.1) is 0 Å². The summed E-state index contributed by atoms with van der Waals surface area (Å²) in [7, 11) is 0. The van der Waals surface area contributed by atoms with Crippen LogP contribution < -0.4 is 0 Å². The summed E-state index contributed by atoms with van der Waals surface area (Å²) in [5.74, 6) is 1.35. The fourth-order valence-corrected chi connectivity index (χ4v) is 1.65. The van der Waals surface area contributed by atoms with Gasteiger partial charge in [-0.3, -0.25) is 4.98 Å². The summed E-state index contributed by atoms with van der Waals surface area (Å²) < 4.78 is 10.4. The summed E-state index contributed by atoms with van der Waals surface area (Å²) in [5, 5.41) is 3.94. The number of aromatic nitrogens is 4. The molecule has 82 valence electrons. The molecule has 3 rings (SSSR count). The summed E-state index contributed by atoms with van der Waals surface area (Å²) in [6, 6.07) is 0. The first kappa shape index (κ1) is 9.41. The minimum Gasteiger partial charge on any atom is -0.381 e. The average Bonchev–Trinajstić information content (AvgIpc) is 3.01. The Morgan fingerprint density at radius 1 is 1.31 bits per heavy atom. The summed E-state index contributed by atoms with van der Waals surface area (Å²) >= 11 is 0. The molecule has 3 heterocycles. The van der Waals surface area contributed by atoms with E-state index in [0.717, 1.165) is 13.0 Å². The van der Waals surface area contributed by atoms with Gasteiger partial charge in [0.05, 0.1) is 12.8 Å². The number of ether oxygens (including phenoxy) is 1. The first-order chi connectivity index (χ1) is 7.93. The van der Waals surface area contributed by atoms with Gasteiger partial charge in [0.2, 0.25) is 0 Å². The fourth-order valence-electron chi connectivity index (χ4n) is 1.65. The van der Waals surface area contributed by atoms with E-state index in [-0.39, 0.29) is 5.92 Å². The van der Waals surface area contributed by atoms with Crippen LogP contribution in [0.5, 0.6) is 0 Å². The van der Waals surface area contributed by atoms with Crippen molar-refractivity contribution in [1.82, 2.24) is 20.1 Å². The number of nitrogens with zero attached hydrogens (tertiary/aromatic N) is 4. The Morgan fingerprint density at radius 2 is 2.31 bits per heavy atom. The van der Waals surface area contributed by atoms with E-state index in [1.807, 2.05) is 0 Å². The highest BCUT2D eigenvalue weighted by atomic mass is 16.5. The maximum atomic E-state index is 5.28. The Hall–Kier alpha value is -1.82. The zero-order chi connectivity index (χ0) is 10.8. The summed E-state index contributed by atoms with van der Waals surface area (Å²) in [5.41, 5.74) is 0.597. The van der Waals surface area contributed by atoms with E-state index in [1.165, 1.54) is 0 Å². The Morgan fingerprint density at radius 3 is 3.06 bits per heavy atom. The molecule has 0 spiro atoms. The molecule has 0 radical (unpaired) electrons. The van der Waals surface area contributed by atoms with Crippen LogP contribution in [0.1, 0.15) is 18.2 Å². The van der Waals surface area contributed by atoms with Gasteiger partial charge in [-0.05, 0) is 6.42 Å². The first-order valence-electron chi connectivity index (χ1n) is 5.11. The Kier molecular flexibility index (Phi) is 2.34. The van der Waals surface area contributed by atoms with Crippen molar-refractivity contribution in [1.29, 1.82) is 0 Å². The molecule has 16 heavy (non-hydrogen) atoms. The third kappa shape index (κ3) is 1.67. The van der Waals surface area contributed by atoms with Crippen LogP contribution in [0.25, 0.3) is 11.6 Å². The molecule has 1 aliphatic rings. The van der Waals surface area contributed by atoms with Crippen LogP contribution >= 0.6 is 0 Å². The second kappa shape index (κ2) is 3.97. The van der Waals surface area contributed by atoms with E-state index in [1.54, 1.807) is 18.6 Å². The van der Waals surface area contributed by atoms with Crippen molar-refractivity contribution in [2.24, 2.45) is 0 Å². The van der Waals surface area contributed by atoms with E-state index < -0.39 is 0 Å². The van der Waals surface area contributed by atoms with Crippen molar-refractivity contribution in [3.05, 3.63) is 24.4 Å². The molecule has 0 aromatic carbocycles. The van der Waals surface area contributed by atoms with Crippen molar-refractivity contribution in [3.63, 3.8) is 0 Å². The average molecular weight is 218 g/mol. The molecule has 2 aromatic heterocycles. The minimum atomic E-state index is 0.245. The minimum absolute atomic E-state index is 0.245. The zero-order valence-electron chi connectivity index (χ0n) is 8.54. The van der Waals surface area contributed by atoms with E-state index in [0.29, 0.717) is 24.0 Å². The summed E-state index contributed by atoms with van der Waals surface area (Å²) in [6.45, 7) is 1.43. The van der Waals surface area contributed by atoms with Gasteiger partial charge >= 0.3 is 0 Å². The molecule has 0 aliphatic carbocycles. The van der Waals surface area contributed by atoms with Crippen LogP contribution in [0.3, 0.4) is 0 Å². The standard InChI is InChI=1S/C10H10N4O2/c1-4-15-6-7(1)9-13-10(16-14-9)8-5-11-2-3-12-8/h2-3,5,7H,1,4,6H2. The van der Waals surface area contributed by atoms with Crippen LogP contribution in [0.15, 0.2) is 23.1 Å². The van der Waals surface area contributed by atoms with Crippen molar-refractivity contribution in [3.8, 4) is 11.6 Å². The molecular formula is C10H10N4O2. The largest absolute Gasteiger partial charge is 0.381 e. The highest BCUT2D eigenvalue weighted by molar-refractivity contribution is 5.43. The highest BCUT2D eigenvalue weighted by Gasteiger charge is 2.23. The molecule has 1 atom stereocenters. The number of hydrogen-bond donors (Lipinski definition) is 0. The highest BCUT2D eigenvalue weighted by Crippen LogP contribution is 2.24. The second-order valence-electron chi connectivity index (χ2n) is 3.61. The molecule has 6 nitrogen and oxygen atoms in total. The molecule has 0 N–H and O–H groups in total. The molecule has 2 aromatic rings. The monoisotopic (exact) mass is 218 g/mol. The molecule has 1 aliphatic heterocycles. The third-order valence-corrected chi connectivity index (χ3v) is 2.52. The number of hydrogen-bond acceptors (Lipinski definition) is 6. The SMILES string of the molecule is c1cnc(-c2nc(C3CCOC3)no2)cn1. The van der Waals surface area contributed by atoms with Crippen LogP contribution in [0.2, 0.25) is 0 Å². The predicted molar refractivity (Wildman–Crippen MR) is 53.5 cm³/mol. The van der Waals surface area contributed by atoms with Gasteiger partial charge in [-0.1, -0.05) is 5.16 Å². The molecule has 0 saturated carbocycles. The van der Waals surface area contributed by atoms with Gasteiger partial charge in [-0.25, -0.2) is 4.98 Å². The van der Waals surface area contributed by atoms with Gasteiger partial charge in [0, 0.05) is 24.9 Å². The molecular weight excluding hydrogens is 208 g/mol. The molecule has 0 amide bonds. The Balaban J connectivity index is 1.87. The molecule has 6 heteroatoms. The van der Waals surface area contributed by atoms with Gasteiger partial charge in [0.1, 0.15) is 5.69 Å². The van der Waals surface area contributed by atoms with Crippen LogP contribution in [-0.4, -0.2) is 33.3 Å². The number of rotatable bonds is 2. The van der Waals surface area contributed by atoms with Crippen LogP contribution in [-0.2, 0) is 4.74 Å². The topological polar surface area (TPSA) is 73.9 Å². The van der Waals surface area contributed by atoms with Crippen LogP contribution in [0.4, 0.5) is 0 Å². The lowest BCUT2D eigenvalue weighted by molar-refractivity contribution is 0.192. The maximum Gasteiger partial charge on any atom is 0.278 e. The van der Waals surface area contributed by atoms with E-state index in [2.05, 4.69) is 20.1 Å². The molecule has 1 fully saturated rings. The van der Waals surface area contributed by atoms with Crippen molar-refractivity contribution < 1.29 is 9.26 Å².